The molecule has 3 saturated carbocycles. The number of ketones is 1. The van der Waals surface area contributed by atoms with Gasteiger partial charge in [-0.1, -0.05) is 13.8 Å². The van der Waals surface area contributed by atoms with E-state index in [1.54, 1.807) is 0 Å². The molecule has 6 atom stereocenters. The molecule has 0 bridgehead atoms. The molecule has 4 rings (SSSR count). The fraction of sp³-hybridized carbons (Fsp3) is 0.857. The van der Waals surface area contributed by atoms with Crippen molar-refractivity contribution in [1.29, 1.82) is 0 Å². The fourth-order valence-electron chi connectivity index (χ4n) is 7.30. The summed E-state index contributed by atoms with van der Waals surface area (Å²) >= 11 is 0. The van der Waals surface area contributed by atoms with Crippen LogP contribution in [0.2, 0.25) is 0 Å². The number of alkyl halides is 2. The van der Waals surface area contributed by atoms with Gasteiger partial charge in [-0.2, -0.15) is 0 Å². The van der Waals surface area contributed by atoms with Crippen molar-refractivity contribution in [3.05, 3.63) is 11.6 Å². The second-order valence-electron chi connectivity index (χ2n) is 9.73. The molecule has 0 aromatic heterocycles. The maximum atomic E-state index is 15.1. The van der Waals surface area contributed by atoms with Crippen LogP contribution in [0.3, 0.4) is 0 Å². The summed E-state index contributed by atoms with van der Waals surface area (Å²) in [6.45, 7) is 3.91. The highest BCUT2D eigenvalue weighted by Crippen LogP contribution is 2.69. The Morgan fingerprint density at radius 2 is 1.85 bits per heavy atom. The Balaban J connectivity index is 1.74. The molecule has 0 amide bonds. The Hall–Kier alpha value is -0.810. The van der Waals surface area contributed by atoms with Crippen LogP contribution < -0.4 is 0 Å². The quantitative estimate of drug-likeness (QED) is 0.778. The molecule has 5 heteroatoms. The van der Waals surface area contributed by atoms with Gasteiger partial charge in [0, 0.05) is 25.0 Å². The number of fused-ring (bicyclic) bond motifs is 5. The third-order valence-electron chi connectivity index (χ3n) is 8.80. The van der Waals surface area contributed by atoms with Crippen molar-refractivity contribution in [3.63, 3.8) is 0 Å². The number of hydrogen-bond donors (Lipinski definition) is 2. The van der Waals surface area contributed by atoms with Crippen LogP contribution in [0.15, 0.2) is 11.6 Å². The number of aliphatic hydroxyl groups is 2. The zero-order chi connectivity index (χ0) is 19.0. The molecule has 0 spiro atoms. The van der Waals surface area contributed by atoms with Crippen molar-refractivity contribution in [1.82, 2.24) is 0 Å². The molecule has 0 aromatic carbocycles. The minimum atomic E-state index is -2.94. The second kappa shape index (κ2) is 5.60. The Labute approximate surface area is 153 Å². The molecule has 2 N–H and O–H groups in total. The molecule has 0 aromatic rings. The summed E-state index contributed by atoms with van der Waals surface area (Å²) < 4.78 is 30.3. The van der Waals surface area contributed by atoms with Crippen molar-refractivity contribution in [2.45, 2.75) is 76.7 Å². The van der Waals surface area contributed by atoms with Crippen molar-refractivity contribution >= 4 is 5.78 Å². The lowest BCUT2D eigenvalue weighted by Crippen LogP contribution is -2.58. The lowest BCUT2D eigenvalue weighted by atomic mass is 9.45. The van der Waals surface area contributed by atoms with Gasteiger partial charge < -0.3 is 10.2 Å². The fourth-order valence-corrected chi connectivity index (χ4v) is 7.30. The van der Waals surface area contributed by atoms with E-state index in [1.807, 2.05) is 13.8 Å². The predicted octanol–water partition coefficient (Wildman–Crippen LogP) is 3.88. The first-order valence-corrected chi connectivity index (χ1v) is 10.0. The van der Waals surface area contributed by atoms with Crippen molar-refractivity contribution in [2.75, 3.05) is 6.61 Å². The van der Waals surface area contributed by atoms with Gasteiger partial charge in [0.2, 0.25) is 0 Å². The van der Waals surface area contributed by atoms with Crippen LogP contribution in [0.1, 0.15) is 65.2 Å². The first-order valence-electron chi connectivity index (χ1n) is 10.0. The molecular formula is C21H30F2O3. The van der Waals surface area contributed by atoms with E-state index in [-0.39, 0.29) is 42.1 Å². The van der Waals surface area contributed by atoms with Crippen LogP contribution in [-0.4, -0.2) is 34.1 Å². The number of hydrogen-bond acceptors (Lipinski definition) is 3. The number of halogens is 2. The summed E-state index contributed by atoms with van der Waals surface area (Å²) in [6.07, 6.45) is 5.17. The molecule has 0 radical (unpaired) electrons. The highest BCUT2D eigenvalue weighted by molar-refractivity contribution is 5.92. The normalized spacial score (nSPS) is 49.8. The average Bonchev–Trinajstić information content (AvgIpc) is 2.81. The van der Waals surface area contributed by atoms with Crippen molar-refractivity contribution in [3.8, 4) is 0 Å². The molecule has 0 heterocycles. The SMILES string of the molecule is C[C@]12CCC(=O)C=C1C(F)(F)C[C@@H]1[C@@H]2CC[C@@]2(C)[C@H]1CC[C@]2(O)CCO. The van der Waals surface area contributed by atoms with E-state index in [9.17, 15) is 15.0 Å². The van der Waals surface area contributed by atoms with Crippen LogP contribution in [0.25, 0.3) is 0 Å². The van der Waals surface area contributed by atoms with Gasteiger partial charge in [-0.25, -0.2) is 8.78 Å². The third kappa shape index (κ3) is 2.25. The number of aliphatic hydroxyl groups excluding tert-OH is 1. The standard InChI is InChI=1S/C21H30F2O3/c1-18-6-3-13(25)11-17(18)21(22,23)12-14-15(18)4-7-19(2)16(14)5-8-20(19,26)9-10-24/h11,14-16,24,26H,3-10,12H2,1-2H3/t14-,15+,16+,18-,19+,20+/m1/s1. The number of carbonyl (C=O) groups is 1. The van der Waals surface area contributed by atoms with Crippen LogP contribution >= 0.6 is 0 Å². The van der Waals surface area contributed by atoms with E-state index in [4.69, 9.17) is 0 Å². The van der Waals surface area contributed by atoms with Gasteiger partial charge in [-0.3, -0.25) is 4.79 Å². The summed E-state index contributed by atoms with van der Waals surface area (Å²) in [6, 6.07) is 0. The van der Waals surface area contributed by atoms with E-state index >= 15 is 8.78 Å². The third-order valence-corrected chi connectivity index (χ3v) is 8.80. The highest BCUT2D eigenvalue weighted by Gasteiger charge is 2.67. The van der Waals surface area contributed by atoms with Gasteiger partial charge in [-0.05, 0) is 73.2 Å². The van der Waals surface area contributed by atoms with Crippen LogP contribution in [0.5, 0.6) is 0 Å². The smallest absolute Gasteiger partial charge is 0.270 e. The van der Waals surface area contributed by atoms with E-state index < -0.39 is 22.4 Å². The summed E-state index contributed by atoms with van der Waals surface area (Å²) in [4.78, 5) is 11.8. The molecule has 0 aliphatic heterocycles. The summed E-state index contributed by atoms with van der Waals surface area (Å²) in [5.74, 6) is -3.04. The van der Waals surface area contributed by atoms with Crippen LogP contribution in [0.4, 0.5) is 8.78 Å². The van der Waals surface area contributed by atoms with Crippen molar-refractivity contribution < 1.29 is 23.8 Å². The van der Waals surface area contributed by atoms with Crippen molar-refractivity contribution in [2.24, 2.45) is 28.6 Å². The molecule has 4 aliphatic carbocycles. The second-order valence-corrected chi connectivity index (χ2v) is 9.73. The minimum absolute atomic E-state index is 0.0553. The van der Waals surface area contributed by atoms with Crippen LogP contribution in [0, 0.1) is 28.6 Å². The van der Waals surface area contributed by atoms with Gasteiger partial charge in [0.15, 0.2) is 5.78 Å². The molecule has 26 heavy (non-hydrogen) atoms. The lowest BCUT2D eigenvalue weighted by Gasteiger charge is -2.60. The first-order chi connectivity index (χ1) is 12.1. The molecule has 3 fully saturated rings. The van der Waals surface area contributed by atoms with Gasteiger partial charge in [0.25, 0.3) is 5.92 Å². The van der Waals surface area contributed by atoms with E-state index in [0.29, 0.717) is 25.7 Å². The summed E-state index contributed by atoms with van der Waals surface area (Å²) in [5.41, 5.74) is -1.91. The maximum Gasteiger partial charge on any atom is 0.270 e. The summed E-state index contributed by atoms with van der Waals surface area (Å²) in [5, 5.41) is 20.6. The Morgan fingerprint density at radius 1 is 1.15 bits per heavy atom. The lowest BCUT2D eigenvalue weighted by molar-refractivity contribution is -0.164. The Morgan fingerprint density at radius 3 is 2.54 bits per heavy atom. The van der Waals surface area contributed by atoms with Gasteiger partial charge in [0.05, 0.1) is 5.60 Å². The number of rotatable bonds is 2. The Kier molecular flexibility index (Phi) is 4.00. The molecule has 4 aliphatic rings. The van der Waals surface area contributed by atoms with Gasteiger partial charge >= 0.3 is 0 Å². The van der Waals surface area contributed by atoms with E-state index in [2.05, 4.69) is 0 Å². The van der Waals surface area contributed by atoms with E-state index in [0.717, 1.165) is 19.3 Å². The van der Waals surface area contributed by atoms with Gasteiger partial charge in [0.1, 0.15) is 0 Å². The minimum Gasteiger partial charge on any atom is -0.396 e. The topological polar surface area (TPSA) is 57.5 Å². The highest BCUT2D eigenvalue weighted by atomic mass is 19.3. The predicted molar refractivity (Wildman–Crippen MR) is 93.7 cm³/mol. The monoisotopic (exact) mass is 368 g/mol. The average molecular weight is 368 g/mol. The van der Waals surface area contributed by atoms with Gasteiger partial charge in [-0.15, -0.1) is 0 Å². The van der Waals surface area contributed by atoms with Crippen LogP contribution in [-0.2, 0) is 4.79 Å². The van der Waals surface area contributed by atoms with E-state index in [1.165, 1.54) is 6.08 Å². The molecule has 146 valence electrons. The molecule has 3 nitrogen and oxygen atoms in total. The first kappa shape index (κ1) is 18.5. The zero-order valence-electron chi connectivity index (χ0n) is 15.7. The largest absolute Gasteiger partial charge is 0.396 e. The molecular weight excluding hydrogens is 338 g/mol. The number of allylic oxidation sites excluding steroid dienone is 1. The molecule has 0 saturated heterocycles. The number of carbonyl (C=O) groups excluding carboxylic acids is 1. The Bertz CT molecular complexity index is 660. The summed E-state index contributed by atoms with van der Waals surface area (Å²) in [7, 11) is 0. The zero-order valence-corrected chi connectivity index (χ0v) is 15.7. The molecule has 0 unspecified atom stereocenters. The maximum absolute atomic E-state index is 15.1.